The molecule has 0 heterocycles. The Morgan fingerprint density at radius 1 is 1.24 bits per heavy atom. The van der Waals surface area contributed by atoms with Crippen LogP contribution < -0.4 is 5.73 Å². The number of sulfonamides is 1. The first-order valence-electron chi connectivity index (χ1n) is 7.07. The van der Waals surface area contributed by atoms with Gasteiger partial charge in [0.25, 0.3) is 0 Å². The van der Waals surface area contributed by atoms with Crippen LogP contribution >= 0.6 is 0 Å². The summed E-state index contributed by atoms with van der Waals surface area (Å²) in [7, 11) is -1.57. The van der Waals surface area contributed by atoms with Crippen molar-refractivity contribution in [3.05, 3.63) is 35.4 Å². The van der Waals surface area contributed by atoms with Crippen LogP contribution in [0.3, 0.4) is 0 Å². The second-order valence-corrected chi connectivity index (χ2v) is 7.65. The highest BCUT2D eigenvalue weighted by Crippen LogP contribution is 2.11. The number of nitrogens with zero attached hydrogens (tertiary/aromatic N) is 1. The van der Waals surface area contributed by atoms with E-state index in [2.05, 4.69) is 11.8 Å². The molecule has 0 aromatic heterocycles. The van der Waals surface area contributed by atoms with Crippen LogP contribution in [0.4, 0.5) is 0 Å². The molecule has 116 valence electrons. The van der Waals surface area contributed by atoms with Gasteiger partial charge in [0.15, 0.2) is 0 Å². The van der Waals surface area contributed by atoms with Gasteiger partial charge >= 0.3 is 0 Å². The van der Waals surface area contributed by atoms with Crippen LogP contribution in [-0.4, -0.2) is 32.1 Å². The molecule has 4 nitrogen and oxygen atoms in total. The molecule has 0 aliphatic carbocycles. The lowest BCUT2D eigenvalue weighted by atomic mass is 10.1. The lowest BCUT2D eigenvalue weighted by Crippen LogP contribution is -2.29. The predicted molar refractivity (Wildman–Crippen MR) is 87.1 cm³/mol. The third kappa shape index (κ3) is 6.30. The zero-order valence-corrected chi connectivity index (χ0v) is 13.8. The van der Waals surface area contributed by atoms with Gasteiger partial charge in [0.2, 0.25) is 10.0 Å². The minimum Gasteiger partial charge on any atom is -0.320 e. The average molecular weight is 308 g/mol. The summed E-state index contributed by atoms with van der Waals surface area (Å²) in [6.07, 6.45) is 0.681. The van der Waals surface area contributed by atoms with E-state index < -0.39 is 10.0 Å². The molecule has 0 radical (unpaired) electrons. The van der Waals surface area contributed by atoms with Gasteiger partial charge in [-0.1, -0.05) is 37.8 Å². The first-order valence-corrected chi connectivity index (χ1v) is 8.68. The van der Waals surface area contributed by atoms with Gasteiger partial charge in [0.05, 0.1) is 12.3 Å². The fourth-order valence-corrected chi connectivity index (χ4v) is 3.17. The normalized spacial score (nSPS) is 11.5. The van der Waals surface area contributed by atoms with E-state index in [1.54, 1.807) is 7.05 Å². The smallest absolute Gasteiger partial charge is 0.214 e. The van der Waals surface area contributed by atoms with Crippen molar-refractivity contribution in [2.24, 2.45) is 11.7 Å². The van der Waals surface area contributed by atoms with Crippen LogP contribution in [0.25, 0.3) is 0 Å². The summed E-state index contributed by atoms with van der Waals surface area (Å²) >= 11 is 0. The van der Waals surface area contributed by atoms with Gasteiger partial charge < -0.3 is 5.73 Å². The number of hydrogen-bond donors (Lipinski definition) is 1. The minimum absolute atomic E-state index is 0.196. The molecule has 0 aliphatic heterocycles. The lowest BCUT2D eigenvalue weighted by Gasteiger charge is -2.18. The largest absolute Gasteiger partial charge is 0.320 e. The number of benzene rings is 1. The van der Waals surface area contributed by atoms with E-state index in [4.69, 9.17) is 5.73 Å². The standard InChI is InChI=1S/C16H24N2O2S/c1-14(2)10-12-21(19,20)18(3)13-16-8-6-15(7-9-16)5-4-11-17/h6-9,14H,10-13,17H2,1-3H3. The highest BCUT2D eigenvalue weighted by Gasteiger charge is 2.18. The van der Waals surface area contributed by atoms with Crippen molar-refractivity contribution in [3.63, 3.8) is 0 Å². The number of rotatable bonds is 6. The second-order valence-electron chi connectivity index (χ2n) is 5.46. The van der Waals surface area contributed by atoms with Crippen molar-refractivity contribution < 1.29 is 8.42 Å². The summed E-state index contributed by atoms with van der Waals surface area (Å²) in [6.45, 7) is 4.76. The molecule has 1 aromatic carbocycles. The molecule has 1 rings (SSSR count). The molecule has 0 amide bonds. The molecule has 0 saturated heterocycles. The van der Waals surface area contributed by atoms with Gasteiger partial charge in [0.1, 0.15) is 0 Å². The van der Waals surface area contributed by atoms with Crippen LogP contribution in [0.15, 0.2) is 24.3 Å². The topological polar surface area (TPSA) is 63.4 Å². The molecule has 0 fully saturated rings. The lowest BCUT2D eigenvalue weighted by molar-refractivity contribution is 0.460. The summed E-state index contributed by atoms with van der Waals surface area (Å²) in [5, 5.41) is 0. The minimum atomic E-state index is -3.19. The second kappa shape index (κ2) is 8.18. The van der Waals surface area contributed by atoms with Crippen LogP contribution in [0.5, 0.6) is 0 Å². The molecule has 0 bridgehead atoms. The zero-order valence-electron chi connectivity index (χ0n) is 13.0. The average Bonchev–Trinajstić information content (AvgIpc) is 2.44. The maximum Gasteiger partial charge on any atom is 0.214 e. The third-order valence-corrected chi connectivity index (χ3v) is 4.95. The Morgan fingerprint density at radius 2 is 1.86 bits per heavy atom. The zero-order chi connectivity index (χ0) is 15.9. The Balaban J connectivity index is 2.67. The molecule has 0 aliphatic rings. The van der Waals surface area contributed by atoms with Gasteiger partial charge in [0, 0.05) is 19.2 Å². The Bertz CT molecular complexity index is 595. The van der Waals surface area contributed by atoms with Crippen molar-refractivity contribution in [2.45, 2.75) is 26.8 Å². The monoisotopic (exact) mass is 308 g/mol. The van der Waals surface area contributed by atoms with Gasteiger partial charge in [-0.15, -0.1) is 0 Å². The van der Waals surface area contributed by atoms with Gasteiger partial charge in [-0.25, -0.2) is 12.7 Å². The Labute approximate surface area is 128 Å². The molecule has 0 atom stereocenters. The fraction of sp³-hybridized carbons (Fsp3) is 0.500. The molecule has 21 heavy (non-hydrogen) atoms. The first-order chi connectivity index (χ1) is 9.85. The van der Waals surface area contributed by atoms with Crippen LogP contribution in [0, 0.1) is 17.8 Å². The SMILES string of the molecule is CC(C)CCS(=O)(=O)N(C)Cc1ccc(C#CCN)cc1. The molecule has 0 spiro atoms. The maximum atomic E-state index is 12.1. The number of hydrogen-bond acceptors (Lipinski definition) is 3. The van der Waals surface area contributed by atoms with Crippen molar-refractivity contribution in [1.82, 2.24) is 4.31 Å². The van der Waals surface area contributed by atoms with Crippen molar-refractivity contribution in [3.8, 4) is 11.8 Å². The van der Waals surface area contributed by atoms with Gasteiger partial charge in [-0.05, 0) is 30.0 Å². The van der Waals surface area contributed by atoms with Crippen LogP contribution in [0.2, 0.25) is 0 Å². The van der Waals surface area contributed by atoms with Gasteiger partial charge in [-0.3, -0.25) is 0 Å². The Hall–Kier alpha value is -1.35. The molecule has 5 heteroatoms. The van der Waals surface area contributed by atoms with E-state index in [9.17, 15) is 8.42 Å². The molecular formula is C16H24N2O2S. The van der Waals surface area contributed by atoms with E-state index in [1.165, 1.54) is 4.31 Å². The van der Waals surface area contributed by atoms with E-state index in [-0.39, 0.29) is 5.75 Å². The molecular weight excluding hydrogens is 284 g/mol. The maximum absolute atomic E-state index is 12.1. The van der Waals surface area contributed by atoms with E-state index in [0.717, 1.165) is 11.1 Å². The molecule has 0 saturated carbocycles. The van der Waals surface area contributed by atoms with Crippen LogP contribution in [0.1, 0.15) is 31.4 Å². The van der Waals surface area contributed by atoms with Crippen LogP contribution in [-0.2, 0) is 16.6 Å². The molecule has 1 aromatic rings. The van der Waals surface area contributed by atoms with E-state index in [1.807, 2.05) is 38.1 Å². The highest BCUT2D eigenvalue weighted by molar-refractivity contribution is 7.89. The van der Waals surface area contributed by atoms with Crippen molar-refractivity contribution in [2.75, 3.05) is 19.3 Å². The first kappa shape index (κ1) is 17.7. The van der Waals surface area contributed by atoms with E-state index in [0.29, 0.717) is 25.4 Å². The highest BCUT2D eigenvalue weighted by atomic mass is 32.2. The summed E-state index contributed by atoms with van der Waals surface area (Å²) in [4.78, 5) is 0. The van der Waals surface area contributed by atoms with Gasteiger partial charge in [-0.2, -0.15) is 0 Å². The summed E-state index contributed by atoms with van der Waals surface area (Å²) in [5.74, 6) is 6.31. The Morgan fingerprint density at radius 3 is 2.38 bits per heavy atom. The summed E-state index contributed by atoms with van der Waals surface area (Å²) < 4.78 is 25.7. The third-order valence-electron chi connectivity index (χ3n) is 3.12. The predicted octanol–water partition coefficient (Wildman–Crippen LogP) is 1.80. The quantitative estimate of drug-likeness (QED) is 0.815. The summed E-state index contributed by atoms with van der Waals surface area (Å²) in [6, 6.07) is 7.56. The number of nitrogens with two attached hydrogens (primary N) is 1. The summed E-state index contributed by atoms with van der Waals surface area (Å²) in [5.41, 5.74) is 7.15. The van der Waals surface area contributed by atoms with Crippen molar-refractivity contribution in [1.29, 1.82) is 0 Å². The Kier molecular flexibility index (Phi) is 6.90. The van der Waals surface area contributed by atoms with Crippen molar-refractivity contribution >= 4 is 10.0 Å². The molecule has 0 unspecified atom stereocenters. The molecule has 2 N–H and O–H groups in total. The fourth-order valence-electron chi connectivity index (χ4n) is 1.74. The van der Waals surface area contributed by atoms with E-state index >= 15 is 0 Å².